The molecule has 0 saturated carbocycles. The standard InChI is InChI=1S/C12H13Cl2N3O/c1-12(2,6-15)17(3)11(18)8-4-7(13)5-9(14)10(8)16/h4-5H,16H2,1-3H3. The highest BCUT2D eigenvalue weighted by molar-refractivity contribution is 6.37. The maximum atomic E-state index is 12.3. The lowest BCUT2D eigenvalue weighted by Gasteiger charge is -2.29. The van der Waals surface area contributed by atoms with Gasteiger partial charge in [0.25, 0.3) is 5.91 Å². The van der Waals surface area contributed by atoms with Gasteiger partial charge in [0.2, 0.25) is 0 Å². The van der Waals surface area contributed by atoms with Gasteiger partial charge in [-0.25, -0.2) is 0 Å². The molecule has 0 heterocycles. The monoisotopic (exact) mass is 285 g/mol. The molecule has 1 rings (SSSR count). The maximum absolute atomic E-state index is 12.3. The molecule has 2 N–H and O–H groups in total. The van der Waals surface area contributed by atoms with Gasteiger partial charge in [-0.3, -0.25) is 4.79 Å². The van der Waals surface area contributed by atoms with Gasteiger partial charge in [0.15, 0.2) is 0 Å². The van der Waals surface area contributed by atoms with Crippen molar-refractivity contribution in [3.8, 4) is 6.07 Å². The SMILES string of the molecule is CN(C(=O)c1cc(Cl)cc(Cl)c1N)C(C)(C)C#N. The van der Waals surface area contributed by atoms with E-state index in [9.17, 15) is 4.79 Å². The minimum atomic E-state index is -0.946. The first kappa shape index (κ1) is 14.6. The van der Waals surface area contributed by atoms with Crippen LogP contribution in [0.25, 0.3) is 0 Å². The van der Waals surface area contributed by atoms with Crippen LogP contribution in [-0.4, -0.2) is 23.4 Å². The van der Waals surface area contributed by atoms with Crippen LogP contribution in [0, 0.1) is 11.3 Å². The van der Waals surface area contributed by atoms with Crippen molar-refractivity contribution in [3.05, 3.63) is 27.7 Å². The van der Waals surface area contributed by atoms with E-state index in [0.29, 0.717) is 5.02 Å². The summed E-state index contributed by atoms with van der Waals surface area (Å²) in [6.07, 6.45) is 0. The molecule has 6 heteroatoms. The summed E-state index contributed by atoms with van der Waals surface area (Å²) in [6.45, 7) is 3.26. The number of nitrogen functional groups attached to an aromatic ring is 1. The molecule has 0 fully saturated rings. The highest BCUT2D eigenvalue weighted by Gasteiger charge is 2.29. The number of hydrogen-bond acceptors (Lipinski definition) is 3. The number of amides is 1. The lowest BCUT2D eigenvalue weighted by molar-refractivity contribution is 0.0699. The Bertz CT molecular complexity index is 535. The molecule has 0 aliphatic rings. The Hall–Kier alpha value is -1.44. The highest BCUT2D eigenvalue weighted by Crippen LogP contribution is 2.29. The van der Waals surface area contributed by atoms with Crippen LogP contribution in [0.5, 0.6) is 0 Å². The van der Waals surface area contributed by atoms with E-state index in [2.05, 4.69) is 0 Å². The Morgan fingerprint density at radius 1 is 1.44 bits per heavy atom. The number of rotatable bonds is 2. The van der Waals surface area contributed by atoms with E-state index in [0.717, 1.165) is 0 Å². The molecule has 18 heavy (non-hydrogen) atoms. The Labute approximate surface area is 116 Å². The first-order valence-electron chi connectivity index (χ1n) is 5.14. The smallest absolute Gasteiger partial charge is 0.257 e. The maximum Gasteiger partial charge on any atom is 0.257 e. The van der Waals surface area contributed by atoms with E-state index < -0.39 is 11.4 Å². The third-order valence-corrected chi connectivity index (χ3v) is 3.27. The molecule has 0 spiro atoms. The van der Waals surface area contributed by atoms with E-state index in [4.69, 9.17) is 34.2 Å². The average molecular weight is 286 g/mol. The Balaban J connectivity index is 3.25. The zero-order valence-electron chi connectivity index (χ0n) is 10.3. The van der Waals surface area contributed by atoms with Gasteiger partial charge in [-0.1, -0.05) is 23.2 Å². The second kappa shape index (κ2) is 5.05. The summed E-state index contributed by atoms with van der Waals surface area (Å²) in [5.74, 6) is -0.400. The van der Waals surface area contributed by atoms with Crippen molar-refractivity contribution in [2.75, 3.05) is 12.8 Å². The molecule has 1 aromatic carbocycles. The van der Waals surface area contributed by atoms with E-state index in [1.54, 1.807) is 13.8 Å². The van der Waals surface area contributed by atoms with Crippen LogP contribution < -0.4 is 5.73 Å². The van der Waals surface area contributed by atoms with Crippen molar-refractivity contribution in [1.82, 2.24) is 4.90 Å². The first-order valence-corrected chi connectivity index (χ1v) is 5.90. The van der Waals surface area contributed by atoms with Crippen LogP contribution in [0.4, 0.5) is 5.69 Å². The van der Waals surface area contributed by atoms with Crippen molar-refractivity contribution in [1.29, 1.82) is 5.26 Å². The third-order valence-electron chi connectivity index (χ3n) is 2.74. The molecule has 0 aliphatic carbocycles. The minimum Gasteiger partial charge on any atom is -0.397 e. The largest absolute Gasteiger partial charge is 0.397 e. The Kier molecular flexibility index (Phi) is 4.10. The summed E-state index contributed by atoms with van der Waals surface area (Å²) >= 11 is 11.7. The molecule has 0 aromatic heterocycles. The normalized spacial score (nSPS) is 10.9. The number of carbonyl (C=O) groups excluding carboxylic acids is 1. The summed E-state index contributed by atoms with van der Waals surface area (Å²) in [7, 11) is 1.53. The van der Waals surface area contributed by atoms with Gasteiger partial charge >= 0.3 is 0 Å². The van der Waals surface area contributed by atoms with Crippen molar-refractivity contribution >= 4 is 34.8 Å². The summed E-state index contributed by atoms with van der Waals surface area (Å²) in [6, 6.07) is 4.94. The molecule has 0 unspecified atom stereocenters. The highest BCUT2D eigenvalue weighted by atomic mass is 35.5. The number of anilines is 1. The Morgan fingerprint density at radius 3 is 2.50 bits per heavy atom. The zero-order valence-corrected chi connectivity index (χ0v) is 11.8. The number of nitrogens with zero attached hydrogens (tertiary/aromatic N) is 2. The number of carbonyl (C=O) groups is 1. The van der Waals surface area contributed by atoms with Crippen molar-refractivity contribution in [2.45, 2.75) is 19.4 Å². The number of hydrogen-bond donors (Lipinski definition) is 1. The number of benzene rings is 1. The molecule has 0 atom stereocenters. The van der Waals surface area contributed by atoms with E-state index in [-0.39, 0.29) is 16.3 Å². The van der Waals surface area contributed by atoms with Crippen LogP contribution >= 0.6 is 23.2 Å². The van der Waals surface area contributed by atoms with Crippen LogP contribution in [0.2, 0.25) is 10.0 Å². The number of nitrogens with two attached hydrogens (primary N) is 1. The lowest BCUT2D eigenvalue weighted by Crippen LogP contribution is -2.44. The summed E-state index contributed by atoms with van der Waals surface area (Å²) < 4.78 is 0. The molecule has 0 radical (unpaired) electrons. The minimum absolute atomic E-state index is 0.159. The molecule has 1 amide bonds. The molecular weight excluding hydrogens is 273 g/mol. The Morgan fingerprint density at radius 2 is 2.00 bits per heavy atom. The summed E-state index contributed by atoms with van der Waals surface area (Å²) in [5, 5.41) is 9.55. The number of nitriles is 1. The second-order valence-electron chi connectivity index (χ2n) is 4.38. The van der Waals surface area contributed by atoms with Gasteiger partial charge in [0.05, 0.1) is 22.3 Å². The van der Waals surface area contributed by atoms with Gasteiger partial charge in [-0.2, -0.15) is 5.26 Å². The molecule has 0 saturated heterocycles. The van der Waals surface area contributed by atoms with Crippen molar-refractivity contribution in [3.63, 3.8) is 0 Å². The van der Waals surface area contributed by atoms with Crippen LogP contribution in [0.3, 0.4) is 0 Å². The molecule has 96 valence electrons. The van der Waals surface area contributed by atoms with E-state index in [1.165, 1.54) is 24.1 Å². The first-order chi connectivity index (χ1) is 8.20. The zero-order chi connectivity index (χ0) is 14.1. The van der Waals surface area contributed by atoms with E-state index >= 15 is 0 Å². The van der Waals surface area contributed by atoms with Gasteiger partial charge in [-0.05, 0) is 26.0 Å². The molecule has 0 bridgehead atoms. The van der Waals surface area contributed by atoms with Crippen LogP contribution in [0.1, 0.15) is 24.2 Å². The average Bonchev–Trinajstić information content (AvgIpc) is 2.31. The van der Waals surface area contributed by atoms with E-state index in [1.807, 2.05) is 6.07 Å². The predicted octanol–water partition coefficient (Wildman–Crippen LogP) is 2.95. The molecule has 4 nitrogen and oxygen atoms in total. The summed E-state index contributed by atoms with van der Waals surface area (Å²) in [4.78, 5) is 13.5. The van der Waals surface area contributed by atoms with Gasteiger partial charge < -0.3 is 10.6 Å². The summed E-state index contributed by atoms with van der Waals surface area (Å²) in [5.41, 5.74) is 5.16. The molecular formula is C12H13Cl2N3O. The van der Waals surface area contributed by atoms with Crippen molar-refractivity contribution in [2.24, 2.45) is 0 Å². The molecule has 1 aromatic rings. The predicted molar refractivity (Wildman–Crippen MR) is 72.7 cm³/mol. The fraction of sp³-hybridized carbons (Fsp3) is 0.333. The van der Waals surface area contributed by atoms with Gasteiger partial charge in [0, 0.05) is 12.1 Å². The van der Waals surface area contributed by atoms with Gasteiger partial charge in [0.1, 0.15) is 5.54 Å². The van der Waals surface area contributed by atoms with Crippen molar-refractivity contribution < 1.29 is 4.79 Å². The second-order valence-corrected chi connectivity index (χ2v) is 5.23. The third kappa shape index (κ3) is 2.69. The lowest BCUT2D eigenvalue weighted by atomic mass is 10.0. The quantitative estimate of drug-likeness (QED) is 0.850. The van der Waals surface area contributed by atoms with Crippen LogP contribution in [0.15, 0.2) is 12.1 Å². The topological polar surface area (TPSA) is 70.1 Å². The number of halogens is 2. The molecule has 0 aliphatic heterocycles. The van der Waals surface area contributed by atoms with Crippen LogP contribution in [-0.2, 0) is 0 Å². The fourth-order valence-electron chi connectivity index (χ4n) is 1.27. The van der Waals surface area contributed by atoms with Gasteiger partial charge in [-0.15, -0.1) is 0 Å². The fourth-order valence-corrected chi connectivity index (χ4v) is 1.76.